The molecule has 2 rings (SSSR count). The number of aliphatic hydroxyl groups is 2. The number of hydrogen-bond acceptors (Lipinski definition) is 6. The number of esters is 1. The van der Waals surface area contributed by atoms with E-state index in [0.717, 1.165) is 43.4 Å². The Morgan fingerprint density at radius 1 is 1.10 bits per heavy atom. The molecule has 0 aliphatic carbocycles. The number of ether oxygens (including phenoxy) is 3. The largest absolute Gasteiger partial charge is 0.490 e. The Labute approximate surface area is 237 Å². The summed E-state index contributed by atoms with van der Waals surface area (Å²) in [6, 6.07) is 0. The molecular weight excluding hydrogens is 492 g/mol. The highest BCUT2D eigenvalue weighted by atomic mass is 16.6. The van der Waals surface area contributed by atoms with Crippen LogP contribution in [0.25, 0.3) is 0 Å². The van der Waals surface area contributed by atoms with Crippen LogP contribution in [0.5, 0.6) is 0 Å². The van der Waals surface area contributed by atoms with Gasteiger partial charge < -0.3 is 24.4 Å². The van der Waals surface area contributed by atoms with Gasteiger partial charge in [-0.2, -0.15) is 0 Å². The highest BCUT2D eigenvalue weighted by molar-refractivity contribution is 5.87. The zero-order valence-electron chi connectivity index (χ0n) is 25.6. The van der Waals surface area contributed by atoms with Crippen LogP contribution in [-0.4, -0.2) is 54.3 Å². The molecule has 2 aliphatic heterocycles. The first-order valence-electron chi connectivity index (χ1n) is 14.9. The lowest BCUT2D eigenvalue weighted by molar-refractivity contribution is -0.150. The van der Waals surface area contributed by atoms with Crippen LogP contribution in [0.2, 0.25) is 0 Å². The van der Waals surface area contributed by atoms with Gasteiger partial charge in [-0.25, -0.2) is 4.79 Å². The molecule has 0 radical (unpaired) electrons. The zero-order chi connectivity index (χ0) is 29.1. The average Bonchev–Trinajstić information content (AvgIpc) is 2.90. The standard InChI is InChI=1S/C33H54O6/c1-21-11-9-10-12-29(24(4)14-16-28-15-13-22(2)20-38-28)39-33(36)30(37-8)19-23(3)18-26(6)32(35)27(7)31(34)25(5)17-21/h9-11,18-19,22,24-29,31-32,34-35H,12-17,20H2,1-8H3/b10-9+,21-11+,23-18+,30-19-/t22?,24?,25-,26?,27?,28?,29?,31?,32?/m1/s1. The van der Waals surface area contributed by atoms with Crippen molar-refractivity contribution in [3.05, 3.63) is 47.3 Å². The third kappa shape index (κ3) is 10.9. The van der Waals surface area contributed by atoms with Gasteiger partial charge in [0.1, 0.15) is 6.10 Å². The normalized spacial score (nSPS) is 39.8. The van der Waals surface area contributed by atoms with Crippen molar-refractivity contribution >= 4 is 5.97 Å². The van der Waals surface area contributed by atoms with Gasteiger partial charge in [0, 0.05) is 24.9 Å². The second-order valence-electron chi connectivity index (χ2n) is 12.3. The van der Waals surface area contributed by atoms with E-state index in [1.807, 2.05) is 39.8 Å². The van der Waals surface area contributed by atoms with E-state index >= 15 is 0 Å². The van der Waals surface area contributed by atoms with Crippen molar-refractivity contribution in [2.75, 3.05) is 13.7 Å². The number of aliphatic hydroxyl groups excluding tert-OH is 2. The summed E-state index contributed by atoms with van der Waals surface area (Å²) in [6.07, 6.45) is 13.8. The van der Waals surface area contributed by atoms with E-state index in [0.29, 0.717) is 12.3 Å². The minimum atomic E-state index is -0.728. The maximum absolute atomic E-state index is 13.2. The van der Waals surface area contributed by atoms with Gasteiger partial charge in [0.15, 0.2) is 0 Å². The zero-order valence-corrected chi connectivity index (χ0v) is 25.6. The number of allylic oxidation sites excluding steroid dienone is 5. The lowest BCUT2D eigenvalue weighted by Gasteiger charge is -2.31. The van der Waals surface area contributed by atoms with E-state index in [9.17, 15) is 15.0 Å². The molecule has 0 spiro atoms. The molecule has 0 aromatic rings. The van der Waals surface area contributed by atoms with E-state index in [1.54, 1.807) is 6.08 Å². The second kappa shape index (κ2) is 16.4. The summed E-state index contributed by atoms with van der Waals surface area (Å²) < 4.78 is 17.5. The molecule has 2 N–H and O–H groups in total. The molecule has 8 unspecified atom stereocenters. The number of carbonyl (C=O) groups excluding carboxylic acids is 1. The Morgan fingerprint density at radius 3 is 2.46 bits per heavy atom. The fraction of sp³-hybridized carbons (Fsp3) is 0.727. The van der Waals surface area contributed by atoms with Gasteiger partial charge in [-0.05, 0) is 69.8 Å². The molecule has 0 amide bonds. The van der Waals surface area contributed by atoms with Gasteiger partial charge in [0.2, 0.25) is 5.76 Å². The summed E-state index contributed by atoms with van der Waals surface area (Å²) in [5.74, 6) is -0.0921. The molecule has 1 saturated heterocycles. The van der Waals surface area contributed by atoms with E-state index in [4.69, 9.17) is 14.2 Å². The quantitative estimate of drug-likeness (QED) is 0.381. The number of cyclic esters (lactones) is 1. The van der Waals surface area contributed by atoms with Crippen LogP contribution in [0.15, 0.2) is 47.3 Å². The Kier molecular flexibility index (Phi) is 14.0. The fourth-order valence-corrected chi connectivity index (χ4v) is 5.70. The van der Waals surface area contributed by atoms with Gasteiger partial charge in [-0.15, -0.1) is 0 Å². The number of methoxy groups -OCH3 is 1. The van der Waals surface area contributed by atoms with Crippen LogP contribution in [0, 0.1) is 29.6 Å². The summed E-state index contributed by atoms with van der Waals surface area (Å²) in [6.45, 7) is 15.0. The van der Waals surface area contributed by atoms with Crippen LogP contribution in [0.1, 0.15) is 87.0 Å². The van der Waals surface area contributed by atoms with Crippen LogP contribution in [-0.2, 0) is 19.0 Å². The molecule has 0 aromatic carbocycles. The molecule has 0 bridgehead atoms. The maximum atomic E-state index is 13.2. The number of carbonyl (C=O) groups is 1. The van der Waals surface area contributed by atoms with E-state index in [-0.39, 0.29) is 41.6 Å². The second-order valence-corrected chi connectivity index (χ2v) is 12.3. The first kappa shape index (κ1) is 33.3. The first-order chi connectivity index (χ1) is 18.4. The van der Waals surface area contributed by atoms with Crippen molar-refractivity contribution in [1.29, 1.82) is 0 Å². The van der Waals surface area contributed by atoms with Gasteiger partial charge >= 0.3 is 5.97 Å². The van der Waals surface area contributed by atoms with Crippen molar-refractivity contribution < 1.29 is 29.2 Å². The van der Waals surface area contributed by atoms with Crippen LogP contribution in [0.3, 0.4) is 0 Å². The molecule has 1 fully saturated rings. The Morgan fingerprint density at radius 2 is 1.82 bits per heavy atom. The molecule has 39 heavy (non-hydrogen) atoms. The van der Waals surface area contributed by atoms with E-state index < -0.39 is 18.2 Å². The summed E-state index contributed by atoms with van der Waals surface area (Å²) >= 11 is 0. The minimum Gasteiger partial charge on any atom is -0.490 e. The molecule has 2 aliphatic rings. The summed E-state index contributed by atoms with van der Waals surface area (Å²) in [5, 5.41) is 21.9. The predicted octanol–water partition coefficient (Wildman–Crippen LogP) is 6.53. The van der Waals surface area contributed by atoms with Crippen molar-refractivity contribution in [3.8, 4) is 0 Å². The van der Waals surface area contributed by atoms with Gasteiger partial charge in [0.25, 0.3) is 0 Å². The maximum Gasteiger partial charge on any atom is 0.373 e. The molecule has 6 nitrogen and oxygen atoms in total. The number of rotatable bonds is 5. The lowest BCUT2D eigenvalue weighted by Crippen LogP contribution is -2.37. The third-order valence-electron chi connectivity index (χ3n) is 8.47. The summed E-state index contributed by atoms with van der Waals surface area (Å²) in [7, 11) is 1.47. The smallest absolute Gasteiger partial charge is 0.373 e. The fourth-order valence-electron chi connectivity index (χ4n) is 5.70. The van der Waals surface area contributed by atoms with Crippen molar-refractivity contribution in [1.82, 2.24) is 0 Å². The molecule has 9 atom stereocenters. The molecule has 0 saturated carbocycles. The van der Waals surface area contributed by atoms with Gasteiger partial charge in [-0.1, -0.05) is 70.1 Å². The van der Waals surface area contributed by atoms with Gasteiger partial charge in [-0.3, -0.25) is 0 Å². The Bertz CT molecular complexity index is 879. The third-order valence-corrected chi connectivity index (χ3v) is 8.47. The Hall–Kier alpha value is -1.89. The molecule has 6 heteroatoms. The van der Waals surface area contributed by atoms with Crippen LogP contribution < -0.4 is 0 Å². The van der Waals surface area contributed by atoms with Crippen molar-refractivity contribution in [2.24, 2.45) is 29.6 Å². The number of hydrogen-bond donors (Lipinski definition) is 2. The monoisotopic (exact) mass is 546 g/mol. The molecule has 2 heterocycles. The van der Waals surface area contributed by atoms with Crippen molar-refractivity contribution in [2.45, 2.75) is 111 Å². The highest BCUT2D eigenvalue weighted by Crippen LogP contribution is 2.28. The lowest BCUT2D eigenvalue weighted by atomic mass is 9.81. The molecule has 0 aromatic heterocycles. The molecule has 222 valence electrons. The topological polar surface area (TPSA) is 85.2 Å². The summed E-state index contributed by atoms with van der Waals surface area (Å²) in [4.78, 5) is 13.2. The van der Waals surface area contributed by atoms with Crippen molar-refractivity contribution in [3.63, 3.8) is 0 Å². The Balaban J connectivity index is 2.28. The predicted molar refractivity (Wildman–Crippen MR) is 157 cm³/mol. The minimum absolute atomic E-state index is 0.00849. The first-order valence-corrected chi connectivity index (χ1v) is 14.9. The summed E-state index contributed by atoms with van der Waals surface area (Å²) in [5.41, 5.74) is 1.94. The van der Waals surface area contributed by atoms with Gasteiger partial charge in [0.05, 0.1) is 25.4 Å². The van der Waals surface area contributed by atoms with Crippen LogP contribution in [0.4, 0.5) is 0 Å². The highest BCUT2D eigenvalue weighted by Gasteiger charge is 2.30. The SMILES string of the molecule is CO/C1=C\C(C)=C\C(C)C(O)C(C)C(O)[C@H](C)C/C(C)=C/C=C/CC(C(C)CCC2CCC(C)CO2)OC1=O. The van der Waals surface area contributed by atoms with E-state index in [1.165, 1.54) is 13.5 Å². The average molecular weight is 547 g/mol. The van der Waals surface area contributed by atoms with E-state index in [2.05, 4.69) is 32.9 Å². The molecular formula is C33H54O6. The van der Waals surface area contributed by atoms with Crippen LogP contribution >= 0.6 is 0 Å².